The zero-order valence-corrected chi connectivity index (χ0v) is 11.8. The van der Waals surface area contributed by atoms with Crippen LogP contribution in [0.15, 0.2) is 24.3 Å². The number of carbonyl (C=O) groups is 2. The van der Waals surface area contributed by atoms with Crippen LogP contribution in [0.3, 0.4) is 0 Å². The highest BCUT2D eigenvalue weighted by Gasteiger charge is 2.57. The number of hydrogen-bond donors (Lipinski definition) is 0. The van der Waals surface area contributed by atoms with Gasteiger partial charge in [-0.2, -0.15) is 0 Å². The highest BCUT2D eigenvalue weighted by atomic mass is 16.6. The summed E-state index contributed by atoms with van der Waals surface area (Å²) in [5.74, 6) is -1.24. The van der Waals surface area contributed by atoms with Gasteiger partial charge in [0, 0.05) is 20.0 Å². The van der Waals surface area contributed by atoms with Gasteiger partial charge in [-0.15, -0.1) is 0 Å². The predicted octanol–water partition coefficient (Wildman–Crippen LogP) is 1.13. The summed E-state index contributed by atoms with van der Waals surface area (Å²) in [7, 11) is 4.01. The molecular formula is C15H18O5. The van der Waals surface area contributed by atoms with Crippen LogP contribution in [0.2, 0.25) is 0 Å². The maximum atomic E-state index is 12.3. The van der Waals surface area contributed by atoms with Crippen molar-refractivity contribution in [3.63, 3.8) is 0 Å². The fourth-order valence-electron chi connectivity index (χ4n) is 2.86. The van der Waals surface area contributed by atoms with Gasteiger partial charge in [0.25, 0.3) is 0 Å². The lowest BCUT2D eigenvalue weighted by molar-refractivity contribution is -0.181. The average Bonchev–Trinajstić information content (AvgIpc) is 2.51. The summed E-state index contributed by atoms with van der Waals surface area (Å²) >= 11 is 0. The fourth-order valence-corrected chi connectivity index (χ4v) is 2.86. The third-order valence-electron chi connectivity index (χ3n) is 3.93. The van der Waals surface area contributed by atoms with Gasteiger partial charge in [0.1, 0.15) is 0 Å². The molecule has 108 valence electrons. The summed E-state index contributed by atoms with van der Waals surface area (Å²) in [6.07, 6.45) is 0.0926. The van der Waals surface area contributed by atoms with Crippen molar-refractivity contribution in [2.75, 3.05) is 21.3 Å². The molecule has 2 rings (SSSR count). The number of rotatable bonds is 3. The number of ether oxygens (including phenoxy) is 3. The van der Waals surface area contributed by atoms with Crippen LogP contribution in [0.1, 0.15) is 11.1 Å². The van der Waals surface area contributed by atoms with Crippen LogP contribution in [0.5, 0.6) is 0 Å². The first kappa shape index (κ1) is 14.5. The highest BCUT2D eigenvalue weighted by Crippen LogP contribution is 2.39. The molecule has 1 aliphatic rings. The molecule has 1 unspecified atom stereocenters. The normalized spacial score (nSPS) is 19.9. The number of hydrogen-bond acceptors (Lipinski definition) is 5. The molecular weight excluding hydrogens is 260 g/mol. The molecule has 0 N–H and O–H groups in total. The molecule has 0 aromatic heterocycles. The highest BCUT2D eigenvalue weighted by molar-refractivity contribution is 6.01. The van der Waals surface area contributed by atoms with E-state index in [-0.39, 0.29) is 6.42 Å². The standard InChI is InChI=1S/C15H18O5/c1-18-12-8-10-6-4-5-7-11(10)9-15(12,13(16)19-2)14(17)20-3/h4-7,12H,8-9H2,1-3H3. The van der Waals surface area contributed by atoms with Crippen molar-refractivity contribution in [3.8, 4) is 0 Å². The summed E-state index contributed by atoms with van der Waals surface area (Å²) < 4.78 is 15.1. The summed E-state index contributed by atoms with van der Waals surface area (Å²) in [5.41, 5.74) is 0.575. The van der Waals surface area contributed by atoms with E-state index in [0.717, 1.165) is 11.1 Å². The number of carbonyl (C=O) groups excluding carboxylic acids is 2. The molecule has 0 radical (unpaired) electrons. The minimum Gasteiger partial charge on any atom is -0.468 e. The van der Waals surface area contributed by atoms with Gasteiger partial charge in [-0.1, -0.05) is 24.3 Å². The third-order valence-corrected chi connectivity index (χ3v) is 3.93. The van der Waals surface area contributed by atoms with E-state index in [1.807, 2.05) is 24.3 Å². The molecule has 20 heavy (non-hydrogen) atoms. The minimum absolute atomic E-state index is 0.223. The van der Waals surface area contributed by atoms with Crippen molar-refractivity contribution in [2.24, 2.45) is 5.41 Å². The largest absolute Gasteiger partial charge is 0.468 e. The van der Waals surface area contributed by atoms with Gasteiger partial charge in [0.2, 0.25) is 0 Å². The Bertz CT molecular complexity index is 507. The summed E-state index contributed by atoms with van der Waals surface area (Å²) in [6.45, 7) is 0. The summed E-state index contributed by atoms with van der Waals surface area (Å²) in [6, 6.07) is 7.68. The quantitative estimate of drug-likeness (QED) is 0.613. The Hall–Kier alpha value is -1.88. The van der Waals surface area contributed by atoms with Crippen LogP contribution in [0.4, 0.5) is 0 Å². The van der Waals surface area contributed by atoms with Gasteiger partial charge in [0.05, 0.1) is 20.3 Å². The van der Waals surface area contributed by atoms with Crippen molar-refractivity contribution in [3.05, 3.63) is 35.4 Å². The van der Waals surface area contributed by atoms with Gasteiger partial charge in [0.15, 0.2) is 5.41 Å². The Morgan fingerprint density at radius 1 is 1.05 bits per heavy atom. The lowest BCUT2D eigenvalue weighted by atomic mass is 9.69. The van der Waals surface area contributed by atoms with E-state index in [0.29, 0.717) is 6.42 Å². The SMILES string of the molecule is COC(=O)C1(C(=O)OC)Cc2ccccc2CC1OC. The predicted molar refractivity (Wildman–Crippen MR) is 71.1 cm³/mol. The lowest BCUT2D eigenvalue weighted by Crippen LogP contribution is -2.55. The third kappa shape index (κ3) is 2.08. The fraction of sp³-hybridized carbons (Fsp3) is 0.467. The van der Waals surface area contributed by atoms with Gasteiger partial charge < -0.3 is 14.2 Å². The molecule has 5 heteroatoms. The molecule has 1 aromatic rings. The van der Waals surface area contributed by atoms with Crippen LogP contribution in [-0.2, 0) is 36.6 Å². The number of fused-ring (bicyclic) bond motifs is 1. The van der Waals surface area contributed by atoms with E-state index >= 15 is 0 Å². The van der Waals surface area contributed by atoms with Crippen molar-refractivity contribution < 1.29 is 23.8 Å². The second kappa shape index (κ2) is 5.63. The Kier molecular flexibility index (Phi) is 4.09. The van der Waals surface area contributed by atoms with Crippen LogP contribution in [-0.4, -0.2) is 39.4 Å². The molecule has 0 aliphatic heterocycles. The maximum absolute atomic E-state index is 12.3. The topological polar surface area (TPSA) is 61.8 Å². The van der Waals surface area contributed by atoms with Gasteiger partial charge >= 0.3 is 11.9 Å². The monoisotopic (exact) mass is 278 g/mol. The molecule has 0 saturated carbocycles. The molecule has 0 bridgehead atoms. The summed E-state index contributed by atoms with van der Waals surface area (Å²) in [5, 5.41) is 0. The second-order valence-electron chi connectivity index (χ2n) is 4.83. The molecule has 0 fully saturated rings. The molecule has 5 nitrogen and oxygen atoms in total. The van der Waals surface area contributed by atoms with Crippen molar-refractivity contribution >= 4 is 11.9 Å². The zero-order chi connectivity index (χ0) is 14.8. The minimum atomic E-state index is -1.44. The zero-order valence-electron chi connectivity index (χ0n) is 11.8. The first-order chi connectivity index (χ1) is 9.59. The summed E-state index contributed by atoms with van der Waals surface area (Å²) in [4.78, 5) is 24.5. The first-order valence-corrected chi connectivity index (χ1v) is 6.36. The van der Waals surface area contributed by atoms with E-state index in [2.05, 4.69) is 0 Å². The van der Waals surface area contributed by atoms with Gasteiger partial charge in [-0.25, -0.2) is 0 Å². The van der Waals surface area contributed by atoms with Crippen LogP contribution < -0.4 is 0 Å². The lowest BCUT2D eigenvalue weighted by Gasteiger charge is -2.39. The van der Waals surface area contributed by atoms with Crippen molar-refractivity contribution in [1.82, 2.24) is 0 Å². The van der Waals surface area contributed by atoms with E-state index in [4.69, 9.17) is 14.2 Å². The molecule has 0 amide bonds. The molecule has 1 aliphatic carbocycles. The number of esters is 2. The molecule has 0 heterocycles. The Labute approximate surface area is 117 Å². The van der Waals surface area contributed by atoms with Crippen LogP contribution in [0.25, 0.3) is 0 Å². The molecule has 1 atom stereocenters. The smallest absolute Gasteiger partial charge is 0.326 e. The first-order valence-electron chi connectivity index (χ1n) is 6.36. The Balaban J connectivity index is 2.55. The van der Waals surface area contributed by atoms with Crippen LogP contribution in [0, 0.1) is 5.41 Å². The van der Waals surface area contributed by atoms with Gasteiger partial charge in [-0.05, 0) is 11.1 Å². The Morgan fingerprint density at radius 3 is 2.10 bits per heavy atom. The molecule has 0 saturated heterocycles. The van der Waals surface area contributed by atoms with E-state index in [1.54, 1.807) is 0 Å². The van der Waals surface area contributed by atoms with Crippen molar-refractivity contribution in [2.45, 2.75) is 18.9 Å². The molecule has 0 spiro atoms. The number of methoxy groups -OCH3 is 3. The Morgan fingerprint density at radius 2 is 1.60 bits per heavy atom. The molecule has 1 aromatic carbocycles. The van der Waals surface area contributed by atoms with Crippen LogP contribution >= 0.6 is 0 Å². The van der Waals surface area contributed by atoms with E-state index < -0.39 is 23.5 Å². The van der Waals surface area contributed by atoms with Crippen molar-refractivity contribution in [1.29, 1.82) is 0 Å². The second-order valence-corrected chi connectivity index (χ2v) is 4.83. The number of benzene rings is 1. The van der Waals surface area contributed by atoms with E-state index in [9.17, 15) is 9.59 Å². The van der Waals surface area contributed by atoms with E-state index in [1.165, 1.54) is 21.3 Å². The average molecular weight is 278 g/mol. The van der Waals surface area contributed by atoms with Gasteiger partial charge in [-0.3, -0.25) is 9.59 Å². The maximum Gasteiger partial charge on any atom is 0.326 e.